The monoisotopic (exact) mass is 314 g/mol. The molecule has 5 nitrogen and oxygen atoms in total. The van der Waals surface area contributed by atoms with Crippen molar-refractivity contribution >= 4 is 17.5 Å². The molecule has 1 amide bonds. The van der Waals surface area contributed by atoms with Crippen molar-refractivity contribution in [2.75, 3.05) is 13.7 Å². The number of methoxy groups -OCH3 is 1. The number of hydrogen-bond donors (Lipinski definition) is 2. The summed E-state index contributed by atoms with van der Waals surface area (Å²) in [5, 5.41) is 3.84. The van der Waals surface area contributed by atoms with Crippen LogP contribution in [0.15, 0.2) is 12.1 Å². The van der Waals surface area contributed by atoms with E-state index < -0.39 is 12.0 Å². The SMILES string of the molecule is CCCNCc1cc(Cl)cc(OC)c1OC(CC)C(N)=O. The van der Waals surface area contributed by atoms with E-state index in [0.29, 0.717) is 29.5 Å². The normalized spacial score (nSPS) is 12.0. The number of nitrogens with one attached hydrogen (secondary N) is 1. The second kappa shape index (κ2) is 8.74. The second-order valence-corrected chi connectivity index (χ2v) is 5.13. The Morgan fingerprint density at radius 3 is 2.67 bits per heavy atom. The summed E-state index contributed by atoms with van der Waals surface area (Å²) in [6, 6.07) is 3.46. The first-order valence-electron chi connectivity index (χ1n) is 7.06. The third-order valence-electron chi connectivity index (χ3n) is 3.01. The van der Waals surface area contributed by atoms with Gasteiger partial charge < -0.3 is 20.5 Å². The van der Waals surface area contributed by atoms with Crippen LogP contribution in [0.25, 0.3) is 0 Å². The summed E-state index contributed by atoms with van der Waals surface area (Å²) in [7, 11) is 1.53. The zero-order valence-corrected chi connectivity index (χ0v) is 13.5. The Hall–Kier alpha value is -1.46. The lowest BCUT2D eigenvalue weighted by Gasteiger charge is -2.20. The van der Waals surface area contributed by atoms with Gasteiger partial charge >= 0.3 is 0 Å². The molecule has 0 radical (unpaired) electrons. The van der Waals surface area contributed by atoms with Crippen LogP contribution < -0.4 is 20.5 Å². The Morgan fingerprint density at radius 2 is 2.14 bits per heavy atom. The summed E-state index contributed by atoms with van der Waals surface area (Å²) >= 11 is 6.09. The van der Waals surface area contributed by atoms with Crippen molar-refractivity contribution < 1.29 is 14.3 Å². The quantitative estimate of drug-likeness (QED) is 0.687. The third-order valence-corrected chi connectivity index (χ3v) is 3.23. The average Bonchev–Trinajstić information content (AvgIpc) is 2.45. The molecule has 1 rings (SSSR count). The molecule has 0 heterocycles. The number of rotatable bonds is 9. The number of nitrogens with two attached hydrogens (primary N) is 1. The van der Waals surface area contributed by atoms with Gasteiger partial charge in [0.2, 0.25) is 0 Å². The van der Waals surface area contributed by atoms with E-state index in [9.17, 15) is 4.79 Å². The van der Waals surface area contributed by atoms with Gasteiger partial charge in [0.05, 0.1) is 7.11 Å². The molecule has 1 atom stereocenters. The predicted molar refractivity (Wildman–Crippen MR) is 83.9 cm³/mol. The number of amides is 1. The number of benzene rings is 1. The Labute approximate surface area is 130 Å². The molecule has 6 heteroatoms. The van der Waals surface area contributed by atoms with Crippen molar-refractivity contribution in [1.29, 1.82) is 0 Å². The maximum absolute atomic E-state index is 11.4. The molecule has 21 heavy (non-hydrogen) atoms. The largest absolute Gasteiger partial charge is 0.493 e. The topological polar surface area (TPSA) is 73.6 Å². The minimum atomic E-state index is -0.690. The van der Waals surface area contributed by atoms with Crippen molar-refractivity contribution in [3.63, 3.8) is 0 Å². The van der Waals surface area contributed by atoms with Crippen LogP contribution >= 0.6 is 11.6 Å². The molecule has 0 bridgehead atoms. The fourth-order valence-electron chi connectivity index (χ4n) is 1.92. The van der Waals surface area contributed by atoms with Crippen molar-refractivity contribution in [3.05, 3.63) is 22.7 Å². The highest BCUT2D eigenvalue weighted by atomic mass is 35.5. The fraction of sp³-hybridized carbons (Fsp3) is 0.533. The summed E-state index contributed by atoms with van der Waals surface area (Å²) in [5.41, 5.74) is 6.18. The summed E-state index contributed by atoms with van der Waals surface area (Å²) in [4.78, 5) is 11.4. The number of halogens is 1. The number of ether oxygens (including phenoxy) is 2. The van der Waals surface area contributed by atoms with E-state index in [1.54, 1.807) is 12.1 Å². The zero-order chi connectivity index (χ0) is 15.8. The molecular weight excluding hydrogens is 292 g/mol. The van der Waals surface area contributed by atoms with Crippen molar-refractivity contribution in [2.45, 2.75) is 39.3 Å². The van der Waals surface area contributed by atoms with E-state index in [-0.39, 0.29) is 0 Å². The van der Waals surface area contributed by atoms with Crippen LogP contribution in [0.1, 0.15) is 32.3 Å². The highest BCUT2D eigenvalue weighted by Gasteiger charge is 2.20. The van der Waals surface area contributed by atoms with Crippen LogP contribution in [0.4, 0.5) is 0 Å². The van der Waals surface area contributed by atoms with Gasteiger partial charge in [-0.1, -0.05) is 25.4 Å². The number of hydrogen-bond acceptors (Lipinski definition) is 4. The van der Waals surface area contributed by atoms with Gasteiger partial charge in [0, 0.05) is 23.2 Å². The fourth-order valence-corrected chi connectivity index (χ4v) is 2.15. The van der Waals surface area contributed by atoms with Gasteiger partial charge in [-0.25, -0.2) is 0 Å². The minimum absolute atomic E-state index is 0.489. The molecule has 0 aromatic heterocycles. The smallest absolute Gasteiger partial charge is 0.258 e. The molecule has 0 aliphatic carbocycles. The Morgan fingerprint density at radius 1 is 1.43 bits per heavy atom. The predicted octanol–water partition coefficient (Wildman–Crippen LogP) is 2.49. The second-order valence-electron chi connectivity index (χ2n) is 4.69. The lowest BCUT2D eigenvalue weighted by molar-refractivity contribution is -0.124. The van der Waals surface area contributed by atoms with Crippen LogP contribution in [0, 0.1) is 0 Å². The van der Waals surface area contributed by atoms with E-state index >= 15 is 0 Å². The molecule has 1 unspecified atom stereocenters. The minimum Gasteiger partial charge on any atom is -0.493 e. The van der Waals surface area contributed by atoms with E-state index in [2.05, 4.69) is 12.2 Å². The maximum Gasteiger partial charge on any atom is 0.258 e. The van der Waals surface area contributed by atoms with Gasteiger partial charge in [-0.3, -0.25) is 4.79 Å². The van der Waals surface area contributed by atoms with Gasteiger partial charge in [0.15, 0.2) is 17.6 Å². The molecule has 0 spiro atoms. The molecule has 118 valence electrons. The maximum atomic E-state index is 11.4. The Bertz CT molecular complexity index is 480. The van der Waals surface area contributed by atoms with E-state index in [1.165, 1.54) is 7.11 Å². The average molecular weight is 315 g/mol. The van der Waals surface area contributed by atoms with Gasteiger partial charge in [-0.05, 0) is 25.5 Å². The van der Waals surface area contributed by atoms with Crippen LogP contribution in [0.3, 0.4) is 0 Å². The molecule has 3 N–H and O–H groups in total. The first-order valence-corrected chi connectivity index (χ1v) is 7.44. The molecule has 0 saturated heterocycles. The number of carbonyl (C=O) groups is 1. The summed E-state index contributed by atoms with van der Waals surface area (Å²) in [5.74, 6) is 0.508. The van der Waals surface area contributed by atoms with Crippen molar-refractivity contribution in [2.24, 2.45) is 5.73 Å². The zero-order valence-electron chi connectivity index (χ0n) is 12.7. The number of carbonyl (C=O) groups excluding carboxylic acids is 1. The molecule has 0 aliphatic rings. The molecule has 1 aromatic rings. The highest BCUT2D eigenvalue weighted by Crippen LogP contribution is 2.35. The van der Waals surface area contributed by atoms with E-state index in [0.717, 1.165) is 18.5 Å². The highest BCUT2D eigenvalue weighted by molar-refractivity contribution is 6.30. The van der Waals surface area contributed by atoms with Crippen LogP contribution in [-0.4, -0.2) is 25.7 Å². The Kier molecular flexibility index (Phi) is 7.32. The van der Waals surface area contributed by atoms with E-state index in [1.807, 2.05) is 6.92 Å². The summed E-state index contributed by atoms with van der Waals surface area (Å²) in [6.45, 7) is 5.38. The van der Waals surface area contributed by atoms with Crippen LogP contribution in [0.5, 0.6) is 11.5 Å². The third kappa shape index (κ3) is 5.10. The Balaban J connectivity index is 3.08. The van der Waals surface area contributed by atoms with Crippen LogP contribution in [-0.2, 0) is 11.3 Å². The molecule has 1 aromatic carbocycles. The number of primary amides is 1. The lowest BCUT2D eigenvalue weighted by atomic mass is 10.1. The molecular formula is C15H23ClN2O3. The molecule has 0 aliphatic heterocycles. The van der Waals surface area contributed by atoms with Gasteiger partial charge in [0.25, 0.3) is 5.91 Å². The first-order chi connectivity index (χ1) is 10.0. The van der Waals surface area contributed by atoms with Crippen molar-refractivity contribution in [1.82, 2.24) is 5.32 Å². The van der Waals surface area contributed by atoms with Gasteiger partial charge in [0.1, 0.15) is 0 Å². The summed E-state index contributed by atoms with van der Waals surface area (Å²) < 4.78 is 11.1. The lowest BCUT2D eigenvalue weighted by Crippen LogP contribution is -2.33. The standard InChI is InChI=1S/C15H23ClN2O3/c1-4-6-18-9-10-7-11(16)8-13(20-3)14(10)21-12(5-2)15(17)19/h7-8,12,18H,4-6,9H2,1-3H3,(H2,17,19). The first kappa shape index (κ1) is 17.6. The molecule has 0 fully saturated rings. The van der Waals surface area contributed by atoms with Gasteiger partial charge in [-0.15, -0.1) is 0 Å². The molecule has 0 saturated carbocycles. The van der Waals surface area contributed by atoms with Crippen LogP contribution in [0.2, 0.25) is 5.02 Å². The van der Waals surface area contributed by atoms with Gasteiger partial charge in [-0.2, -0.15) is 0 Å². The van der Waals surface area contributed by atoms with E-state index in [4.69, 9.17) is 26.8 Å². The summed E-state index contributed by atoms with van der Waals surface area (Å²) in [6.07, 6.45) is 0.820. The van der Waals surface area contributed by atoms with Crippen molar-refractivity contribution in [3.8, 4) is 11.5 Å².